The van der Waals surface area contributed by atoms with Gasteiger partial charge in [-0.05, 0) is 42.0 Å². The van der Waals surface area contributed by atoms with Gasteiger partial charge in [0.15, 0.2) is 10.8 Å². The molecule has 8 heteroatoms. The SMILES string of the molecule is O=C(Nc1ccc(CNc2nnc(-c3ccccn3)s2)cc1)c1ccco1. The predicted octanol–water partition coefficient (Wildman–Crippen LogP) is 4.06. The predicted molar refractivity (Wildman–Crippen MR) is 104 cm³/mol. The quantitative estimate of drug-likeness (QED) is 0.526. The Hall–Kier alpha value is -3.52. The van der Waals surface area contributed by atoms with Crippen LogP contribution in [0, 0.1) is 0 Å². The van der Waals surface area contributed by atoms with E-state index in [9.17, 15) is 4.79 Å². The molecule has 3 aromatic heterocycles. The van der Waals surface area contributed by atoms with E-state index in [1.54, 1.807) is 18.3 Å². The fourth-order valence-corrected chi connectivity index (χ4v) is 3.09. The van der Waals surface area contributed by atoms with Gasteiger partial charge in [0.1, 0.15) is 5.69 Å². The zero-order valence-corrected chi connectivity index (χ0v) is 14.9. The highest BCUT2D eigenvalue weighted by Gasteiger charge is 2.09. The average Bonchev–Trinajstić information content (AvgIpc) is 3.40. The van der Waals surface area contributed by atoms with E-state index in [-0.39, 0.29) is 11.7 Å². The van der Waals surface area contributed by atoms with Crippen molar-refractivity contribution in [3.63, 3.8) is 0 Å². The highest BCUT2D eigenvalue weighted by Crippen LogP contribution is 2.24. The van der Waals surface area contributed by atoms with Crippen LogP contribution in [-0.2, 0) is 6.54 Å². The molecule has 0 saturated carbocycles. The molecular weight excluding hydrogens is 362 g/mol. The van der Waals surface area contributed by atoms with Gasteiger partial charge < -0.3 is 15.1 Å². The van der Waals surface area contributed by atoms with Crippen molar-refractivity contribution in [2.45, 2.75) is 6.54 Å². The molecule has 4 rings (SSSR count). The highest BCUT2D eigenvalue weighted by molar-refractivity contribution is 7.18. The van der Waals surface area contributed by atoms with Crippen molar-refractivity contribution in [1.82, 2.24) is 15.2 Å². The van der Waals surface area contributed by atoms with Crippen LogP contribution in [0.15, 0.2) is 71.5 Å². The first kappa shape index (κ1) is 16.9. The molecule has 0 radical (unpaired) electrons. The molecule has 4 aromatic rings. The zero-order valence-electron chi connectivity index (χ0n) is 14.1. The van der Waals surface area contributed by atoms with Crippen LogP contribution in [0.4, 0.5) is 10.8 Å². The van der Waals surface area contributed by atoms with Crippen molar-refractivity contribution >= 4 is 28.1 Å². The molecule has 0 aliphatic heterocycles. The molecule has 0 unspecified atom stereocenters. The van der Waals surface area contributed by atoms with Crippen molar-refractivity contribution in [3.8, 4) is 10.7 Å². The Balaban J connectivity index is 1.34. The van der Waals surface area contributed by atoms with E-state index in [0.717, 1.165) is 21.4 Å². The average molecular weight is 377 g/mol. The number of anilines is 2. The van der Waals surface area contributed by atoms with E-state index in [0.29, 0.717) is 12.2 Å². The second-order valence-electron chi connectivity index (χ2n) is 5.61. The fourth-order valence-electron chi connectivity index (χ4n) is 2.37. The number of rotatable bonds is 6. The third-order valence-corrected chi connectivity index (χ3v) is 4.61. The molecule has 27 heavy (non-hydrogen) atoms. The molecule has 0 bridgehead atoms. The highest BCUT2D eigenvalue weighted by atomic mass is 32.1. The third kappa shape index (κ3) is 4.18. The second-order valence-corrected chi connectivity index (χ2v) is 6.59. The third-order valence-electron chi connectivity index (χ3n) is 3.71. The number of furan rings is 1. The Bertz CT molecular complexity index is 1010. The topological polar surface area (TPSA) is 92.9 Å². The van der Waals surface area contributed by atoms with Gasteiger partial charge in [-0.15, -0.1) is 10.2 Å². The molecule has 0 fully saturated rings. The maximum absolute atomic E-state index is 12.0. The maximum atomic E-state index is 12.0. The summed E-state index contributed by atoms with van der Waals surface area (Å²) in [6.07, 6.45) is 3.20. The van der Waals surface area contributed by atoms with E-state index in [1.165, 1.54) is 17.6 Å². The molecule has 134 valence electrons. The molecule has 0 spiro atoms. The lowest BCUT2D eigenvalue weighted by Gasteiger charge is -2.06. The molecule has 0 aliphatic rings. The van der Waals surface area contributed by atoms with Gasteiger partial charge in [0.05, 0.1) is 6.26 Å². The number of benzene rings is 1. The molecule has 0 aliphatic carbocycles. The fraction of sp³-hybridized carbons (Fsp3) is 0.0526. The molecule has 3 heterocycles. The van der Waals surface area contributed by atoms with E-state index >= 15 is 0 Å². The lowest BCUT2D eigenvalue weighted by atomic mass is 10.2. The number of hydrogen-bond donors (Lipinski definition) is 2. The Labute approximate surface area is 159 Å². The van der Waals surface area contributed by atoms with Gasteiger partial charge in [0.2, 0.25) is 5.13 Å². The van der Waals surface area contributed by atoms with E-state index in [4.69, 9.17) is 4.42 Å². The van der Waals surface area contributed by atoms with Crippen molar-refractivity contribution in [2.75, 3.05) is 10.6 Å². The number of carbonyl (C=O) groups excluding carboxylic acids is 1. The molecular formula is C19H15N5O2S. The van der Waals surface area contributed by atoms with Crippen molar-refractivity contribution in [2.24, 2.45) is 0 Å². The zero-order chi connectivity index (χ0) is 18.5. The standard InChI is InChI=1S/C19H15N5O2S/c25-17(16-5-3-11-26-16)22-14-8-6-13(7-9-14)12-21-19-24-23-18(27-19)15-4-1-2-10-20-15/h1-11H,12H2,(H,21,24)(H,22,25). The first-order valence-electron chi connectivity index (χ1n) is 8.20. The molecule has 7 nitrogen and oxygen atoms in total. The second kappa shape index (κ2) is 7.79. The Morgan fingerprint density at radius 1 is 1.04 bits per heavy atom. The number of nitrogens with zero attached hydrogens (tertiary/aromatic N) is 3. The van der Waals surface area contributed by atoms with Crippen LogP contribution >= 0.6 is 11.3 Å². The molecule has 1 amide bonds. The van der Waals surface area contributed by atoms with Crippen LogP contribution in [0.2, 0.25) is 0 Å². The summed E-state index contributed by atoms with van der Waals surface area (Å²) in [5, 5.41) is 15.8. The van der Waals surface area contributed by atoms with Crippen LogP contribution in [0.25, 0.3) is 10.7 Å². The summed E-state index contributed by atoms with van der Waals surface area (Å²) in [6, 6.07) is 16.5. The van der Waals surface area contributed by atoms with Crippen LogP contribution in [0.5, 0.6) is 0 Å². The van der Waals surface area contributed by atoms with Gasteiger partial charge in [0.25, 0.3) is 5.91 Å². The summed E-state index contributed by atoms with van der Waals surface area (Å²) in [5.41, 5.74) is 2.56. The van der Waals surface area contributed by atoms with E-state index in [2.05, 4.69) is 25.8 Å². The monoisotopic (exact) mass is 377 g/mol. The lowest BCUT2D eigenvalue weighted by molar-refractivity contribution is 0.0996. The van der Waals surface area contributed by atoms with E-state index < -0.39 is 0 Å². The molecule has 0 saturated heterocycles. The summed E-state index contributed by atoms with van der Waals surface area (Å²) in [6.45, 7) is 0.600. The van der Waals surface area contributed by atoms with Crippen LogP contribution in [0.1, 0.15) is 16.1 Å². The summed E-state index contributed by atoms with van der Waals surface area (Å²) in [5.74, 6) is 0.00232. The van der Waals surface area contributed by atoms with E-state index in [1.807, 2.05) is 42.5 Å². The smallest absolute Gasteiger partial charge is 0.291 e. The minimum Gasteiger partial charge on any atom is -0.459 e. The van der Waals surface area contributed by atoms with Crippen LogP contribution < -0.4 is 10.6 Å². The largest absolute Gasteiger partial charge is 0.459 e. The van der Waals surface area contributed by atoms with Crippen LogP contribution in [0.3, 0.4) is 0 Å². The lowest BCUT2D eigenvalue weighted by Crippen LogP contribution is -2.10. The minimum absolute atomic E-state index is 0.276. The Morgan fingerprint density at radius 3 is 2.67 bits per heavy atom. The number of hydrogen-bond acceptors (Lipinski definition) is 7. The van der Waals surface area contributed by atoms with Gasteiger partial charge in [-0.25, -0.2) is 0 Å². The van der Waals surface area contributed by atoms with Gasteiger partial charge in [-0.1, -0.05) is 29.5 Å². The molecule has 0 atom stereocenters. The number of amides is 1. The Kier molecular flexibility index (Phi) is 4.88. The summed E-state index contributed by atoms with van der Waals surface area (Å²) < 4.78 is 5.07. The summed E-state index contributed by atoms with van der Waals surface area (Å²) >= 11 is 1.45. The summed E-state index contributed by atoms with van der Waals surface area (Å²) in [4.78, 5) is 16.2. The van der Waals surface area contributed by atoms with Gasteiger partial charge in [0, 0.05) is 18.4 Å². The number of nitrogens with one attached hydrogen (secondary N) is 2. The maximum Gasteiger partial charge on any atom is 0.291 e. The first-order chi connectivity index (χ1) is 13.3. The normalized spacial score (nSPS) is 10.5. The van der Waals surface area contributed by atoms with Crippen molar-refractivity contribution in [3.05, 3.63) is 78.4 Å². The number of pyridine rings is 1. The van der Waals surface area contributed by atoms with Gasteiger partial charge in [-0.3, -0.25) is 9.78 Å². The minimum atomic E-state index is -0.276. The molecule has 1 aromatic carbocycles. The molecule has 2 N–H and O–H groups in total. The van der Waals surface area contributed by atoms with Gasteiger partial charge in [-0.2, -0.15) is 0 Å². The summed E-state index contributed by atoms with van der Waals surface area (Å²) in [7, 11) is 0. The van der Waals surface area contributed by atoms with Crippen molar-refractivity contribution < 1.29 is 9.21 Å². The number of carbonyl (C=O) groups is 1. The van der Waals surface area contributed by atoms with Crippen LogP contribution in [-0.4, -0.2) is 21.1 Å². The van der Waals surface area contributed by atoms with Crippen molar-refractivity contribution in [1.29, 1.82) is 0 Å². The first-order valence-corrected chi connectivity index (χ1v) is 9.02. The number of aromatic nitrogens is 3. The Morgan fingerprint density at radius 2 is 1.93 bits per heavy atom. The van der Waals surface area contributed by atoms with Gasteiger partial charge >= 0.3 is 0 Å².